The molecule has 4 rings (SSSR count). The highest BCUT2D eigenvalue weighted by Gasteiger charge is 2.65. The zero-order chi connectivity index (χ0) is 26.6. The lowest BCUT2D eigenvalue weighted by Crippen LogP contribution is -2.62. The van der Waals surface area contributed by atoms with E-state index in [0.29, 0.717) is 18.8 Å². The van der Waals surface area contributed by atoms with Crippen LogP contribution in [0.2, 0.25) is 0 Å². The molecule has 8 heteroatoms. The Balaban J connectivity index is 1.46. The van der Waals surface area contributed by atoms with Crippen molar-refractivity contribution in [3.8, 4) is 0 Å². The van der Waals surface area contributed by atoms with Crippen LogP contribution in [-0.4, -0.2) is 67.9 Å². The molecule has 0 aromatic rings. The maximum atomic E-state index is 12.4. The highest BCUT2D eigenvalue weighted by molar-refractivity contribution is 5.83. The van der Waals surface area contributed by atoms with Crippen LogP contribution in [0.1, 0.15) is 85.5 Å². The van der Waals surface area contributed by atoms with Crippen LogP contribution < -0.4 is 5.32 Å². The third-order valence-corrected chi connectivity index (χ3v) is 11.4. The van der Waals surface area contributed by atoms with Gasteiger partial charge in [-0.25, -0.2) is 4.79 Å². The van der Waals surface area contributed by atoms with Gasteiger partial charge in [0.1, 0.15) is 0 Å². The summed E-state index contributed by atoms with van der Waals surface area (Å²) in [5.74, 6) is -0.367. The first-order valence-corrected chi connectivity index (χ1v) is 14.0. The van der Waals surface area contributed by atoms with Gasteiger partial charge in [0.2, 0.25) is 5.91 Å². The van der Waals surface area contributed by atoms with Crippen molar-refractivity contribution in [2.24, 2.45) is 46.3 Å². The van der Waals surface area contributed by atoms with Crippen LogP contribution in [0.5, 0.6) is 0 Å². The van der Waals surface area contributed by atoms with E-state index in [4.69, 9.17) is 0 Å². The van der Waals surface area contributed by atoms with Gasteiger partial charge < -0.3 is 30.8 Å². The van der Waals surface area contributed by atoms with Crippen LogP contribution in [0.15, 0.2) is 0 Å². The van der Waals surface area contributed by atoms with E-state index in [2.05, 4.69) is 26.1 Å². The lowest BCUT2D eigenvalue weighted by atomic mass is 9.43. The number of carbonyl (C=O) groups is 2. The predicted molar refractivity (Wildman–Crippen MR) is 134 cm³/mol. The Morgan fingerprint density at radius 1 is 1.00 bits per heavy atom. The summed E-state index contributed by atoms with van der Waals surface area (Å²) >= 11 is 0. The second-order valence-electron chi connectivity index (χ2n) is 13.2. The summed E-state index contributed by atoms with van der Waals surface area (Å²) in [6.07, 6.45) is 4.18. The average molecular weight is 510 g/mol. The number of nitrogens with one attached hydrogen (secondary N) is 1. The van der Waals surface area contributed by atoms with Gasteiger partial charge in [-0.2, -0.15) is 0 Å². The van der Waals surface area contributed by atoms with Gasteiger partial charge in [-0.3, -0.25) is 4.79 Å². The van der Waals surface area contributed by atoms with Crippen molar-refractivity contribution in [2.75, 3.05) is 0 Å². The number of carboxylic acids is 1. The van der Waals surface area contributed by atoms with Crippen LogP contribution in [0.4, 0.5) is 0 Å². The molecule has 4 fully saturated rings. The van der Waals surface area contributed by atoms with Gasteiger partial charge in [0, 0.05) is 6.42 Å². The number of aliphatic carboxylic acids is 1. The summed E-state index contributed by atoms with van der Waals surface area (Å²) < 4.78 is 0. The highest BCUT2D eigenvalue weighted by Crippen LogP contribution is 2.68. The van der Waals surface area contributed by atoms with Gasteiger partial charge in [-0.15, -0.1) is 0 Å². The van der Waals surface area contributed by atoms with Crippen molar-refractivity contribution in [3.63, 3.8) is 0 Å². The summed E-state index contributed by atoms with van der Waals surface area (Å²) in [6.45, 7) is 7.97. The zero-order valence-electron chi connectivity index (χ0n) is 22.3. The van der Waals surface area contributed by atoms with Gasteiger partial charge in [-0.1, -0.05) is 20.8 Å². The topological polar surface area (TPSA) is 147 Å². The second-order valence-corrected chi connectivity index (χ2v) is 13.2. The second kappa shape index (κ2) is 10.2. The van der Waals surface area contributed by atoms with Crippen molar-refractivity contribution < 1.29 is 35.1 Å². The number of hydrogen-bond acceptors (Lipinski definition) is 6. The van der Waals surface area contributed by atoms with Crippen LogP contribution in [0, 0.1) is 46.3 Å². The normalized spacial score (nSPS) is 46.6. The molecule has 0 heterocycles. The number of hydrogen-bond donors (Lipinski definition) is 6. The SMILES string of the molecule is C[C@H](CCC(=O)N[C@H](C(=O)O)[C@@H](C)O)[C@H]1CC[C@H]2[C@@H]3[C@H](O)C[C@@H]4C[C@H](O)CC[C@]4(C)[C@H]3C[C@H](O)[C@]12C. The fourth-order valence-electron chi connectivity index (χ4n) is 9.33. The van der Waals surface area contributed by atoms with Crippen LogP contribution in [-0.2, 0) is 9.59 Å². The standard InChI is InChI=1S/C28H47NO7/c1-14(5-8-23(34)29-25(15(2)30)26(35)36)18-6-7-19-24-20(13-22(33)28(18,19)4)27(3)10-9-17(31)11-16(27)12-21(24)32/h14-22,24-25,30-33H,5-13H2,1-4H3,(H,29,34)(H,35,36)/t14-,15-,16+,17-,18-,19+,20+,21-,22+,24+,25+,27+,28-/m1/s1. The molecule has 13 atom stereocenters. The van der Waals surface area contributed by atoms with Crippen LogP contribution in [0.3, 0.4) is 0 Å². The molecule has 0 saturated heterocycles. The molecule has 36 heavy (non-hydrogen) atoms. The molecule has 4 aliphatic rings. The van der Waals surface area contributed by atoms with Gasteiger partial charge >= 0.3 is 5.97 Å². The van der Waals surface area contributed by atoms with Gasteiger partial charge in [0.25, 0.3) is 0 Å². The van der Waals surface area contributed by atoms with Gasteiger partial charge in [0.05, 0.1) is 24.4 Å². The van der Waals surface area contributed by atoms with Gasteiger partial charge in [0.15, 0.2) is 6.04 Å². The molecule has 8 nitrogen and oxygen atoms in total. The number of rotatable bonds is 7. The summed E-state index contributed by atoms with van der Waals surface area (Å²) in [5, 5.41) is 54.6. The molecule has 6 N–H and O–H groups in total. The van der Waals surface area contributed by atoms with Crippen molar-refractivity contribution in [1.29, 1.82) is 0 Å². The third-order valence-electron chi connectivity index (χ3n) is 11.4. The largest absolute Gasteiger partial charge is 0.480 e. The molecule has 4 saturated carbocycles. The third kappa shape index (κ3) is 4.61. The van der Waals surface area contributed by atoms with E-state index in [1.165, 1.54) is 6.92 Å². The number of aliphatic hydroxyl groups is 4. The Morgan fingerprint density at radius 2 is 1.69 bits per heavy atom. The van der Waals surface area contributed by atoms with Crippen LogP contribution in [0.25, 0.3) is 0 Å². The van der Waals surface area contributed by atoms with E-state index >= 15 is 0 Å². The van der Waals surface area contributed by atoms with Crippen molar-refractivity contribution >= 4 is 11.9 Å². The minimum absolute atomic E-state index is 0.0394. The minimum Gasteiger partial charge on any atom is -0.480 e. The molecule has 0 radical (unpaired) electrons. The first-order valence-electron chi connectivity index (χ1n) is 14.0. The van der Waals surface area contributed by atoms with E-state index in [9.17, 15) is 35.1 Å². The van der Waals surface area contributed by atoms with E-state index < -0.39 is 30.3 Å². The van der Waals surface area contributed by atoms with Crippen molar-refractivity contribution in [1.82, 2.24) is 5.32 Å². The number of aliphatic hydroxyl groups excluding tert-OH is 4. The van der Waals surface area contributed by atoms with Gasteiger partial charge in [-0.05, 0) is 105 Å². The number of carbonyl (C=O) groups excluding carboxylic acids is 1. The number of amides is 1. The molecular formula is C28H47NO7. The number of carboxylic acid groups (broad SMARTS) is 1. The zero-order valence-corrected chi connectivity index (χ0v) is 22.3. The van der Waals surface area contributed by atoms with E-state index in [0.717, 1.165) is 38.5 Å². The Bertz CT molecular complexity index is 835. The highest BCUT2D eigenvalue weighted by atomic mass is 16.4. The van der Waals surface area contributed by atoms with E-state index in [-0.39, 0.29) is 58.9 Å². The summed E-state index contributed by atoms with van der Waals surface area (Å²) in [7, 11) is 0. The first-order chi connectivity index (χ1) is 16.8. The Labute approximate surface area is 214 Å². The molecular weight excluding hydrogens is 462 g/mol. The maximum absolute atomic E-state index is 12.4. The predicted octanol–water partition coefficient (Wildman–Crippen LogP) is 2.31. The average Bonchev–Trinajstić information content (AvgIpc) is 3.16. The molecule has 0 aliphatic heterocycles. The molecule has 0 bridgehead atoms. The first kappa shape index (κ1) is 27.8. The fraction of sp³-hybridized carbons (Fsp3) is 0.929. The Kier molecular flexibility index (Phi) is 7.84. The monoisotopic (exact) mass is 509 g/mol. The molecule has 206 valence electrons. The lowest BCUT2D eigenvalue weighted by Gasteiger charge is -2.63. The molecule has 1 amide bonds. The fourth-order valence-corrected chi connectivity index (χ4v) is 9.33. The van der Waals surface area contributed by atoms with E-state index in [1.807, 2.05) is 0 Å². The molecule has 0 aromatic heterocycles. The van der Waals surface area contributed by atoms with Crippen molar-refractivity contribution in [2.45, 2.75) is 116 Å². The summed E-state index contributed by atoms with van der Waals surface area (Å²) in [6, 6.07) is -1.32. The maximum Gasteiger partial charge on any atom is 0.328 e. The van der Waals surface area contributed by atoms with E-state index in [1.54, 1.807) is 0 Å². The Morgan fingerprint density at radius 3 is 2.33 bits per heavy atom. The Hall–Kier alpha value is -1.22. The molecule has 0 aromatic carbocycles. The quantitative estimate of drug-likeness (QED) is 0.309. The molecule has 4 aliphatic carbocycles. The molecule has 0 unspecified atom stereocenters. The summed E-state index contributed by atoms with van der Waals surface area (Å²) in [5.41, 5.74) is -0.295. The lowest BCUT2D eigenvalue weighted by molar-refractivity contribution is -0.207. The molecule has 0 spiro atoms. The minimum atomic E-state index is -1.32. The number of fused-ring (bicyclic) bond motifs is 5. The van der Waals surface area contributed by atoms with Crippen molar-refractivity contribution in [3.05, 3.63) is 0 Å². The summed E-state index contributed by atoms with van der Waals surface area (Å²) in [4.78, 5) is 23.7. The smallest absolute Gasteiger partial charge is 0.328 e. The van der Waals surface area contributed by atoms with Crippen LogP contribution >= 0.6 is 0 Å².